The average molecular weight is 297 g/mol. The number of nitriles is 1. The van der Waals surface area contributed by atoms with Crippen molar-refractivity contribution in [2.45, 2.75) is 10.9 Å². The summed E-state index contributed by atoms with van der Waals surface area (Å²) in [4.78, 5) is 11.2. The molecular weight excluding hydrogens is 286 g/mol. The number of aromatic amines is 1. The minimum Gasteiger partial charge on any atom is -0.399 e. The summed E-state index contributed by atoms with van der Waals surface area (Å²) in [5.41, 5.74) is 8.69. The fourth-order valence-corrected chi connectivity index (χ4v) is 3.05. The number of nitrogens with two attached hydrogens (primary N) is 1. The van der Waals surface area contributed by atoms with Crippen LogP contribution in [-0.4, -0.2) is 19.2 Å². The molecule has 1 aromatic carbocycles. The largest absolute Gasteiger partial charge is 0.399 e. The number of rotatable bonds is 3. The standard InChI is InChI=1S/C14H11N5OS/c15-7-13-9(2-1-5-17-13)8-21(20)14-18-11-4-3-10(16)6-12(11)19-14/h1-6H,8,16H2,(H,18,19). The van der Waals surface area contributed by atoms with Crippen LogP contribution in [-0.2, 0) is 16.6 Å². The average Bonchev–Trinajstić information content (AvgIpc) is 2.91. The Bertz CT molecular complexity index is 880. The lowest BCUT2D eigenvalue weighted by atomic mass is 10.2. The maximum absolute atomic E-state index is 12.4. The predicted octanol–water partition coefficient (Wildman–Crippen LogP) is 1.72. The number of imidazole rings is 1. The van der Waals surface area contributed by atoms with E-state index < -0.39 is 10.8 Å². The molecule has 3 aromatic rings. The Hall–Kier alpha value is -2.72. The molecule has 7 heteroatoms. The molecule has 3 rings (SSSR count). The summed E-state index contributed by atoms with van der Waals surface area (Å²) >= 11 is 0. The molecule has 2 heterocycles. The maximum atomic E-state index is 12.4. The number of hydrogen-bond donors (Lipinski definition) is 2. The second-order valence-electron chi connectivity index (χ2n) is 4.43. The molecule has 6 nitrogen and oxygen atoms in total. The van der Waals surface area contributed by atoms with Crippen LogP contribution in [0.1, 0.15) is 11.3 Å². The summed E-state index contributed by atoms with van der Waals surface area (Å²) in [5.74, 6) is 0.187. The number of nitrogens with one attached hydrogen (secondary N) is 1. The van der Waals surface area contributed by atoms with Crippen LogP contribution < -0.4 is 5.73 Å². The second kappa shape index (κ2) is 5.34. The number of nitrogen functional groups attached to an aromatic ring is 1. The highest BCUT2D eigenvalue weighted by Gasteiger charge is 2.13. The minimum absolute atomic E-state index is 0.187. The van der Waals surface area contributed by atoms with Gasteiger partial charge in [0.15, 0.2) is 5.16 Å². The molecule has 0 bridgehead atoms. The molecule has 2 aromatic heterocycles. The smallest absolute Gasteiger partial charge is 0.197 e. The van der Waals surface area contributed by atoms with Crippen molar-refractivity contribution in [2.24, 2.45) is 0 Å². The van der Waals surface area contributed by atoms with Crippen molar-refractivity contribution in [2.75, 3.05) is 5.73 Å². The van der Waals surface area contributed by atoms with E-state index in [-0.39, 0.29) is 11.4 Å². The van der Waals surface area contributed by atoms with Gasteiger partial charge in [-0.25, -0.2) is 9.97 Å². The van der Waals surface area contributed by atoms with Crippen molar-refractivity contribution < 1.29 is 4.21 Å². The van der Waals surface area contributed by atoms with Crippen molar-refractivity contribution in [1.29, 1.82) is 5.26 Å². The highest BCUT2D eigenvalue weighted by molar-refractivity contribution is 7.84. The Kier molecular flexibility index (Phi) is 3.38. The molecule has 21 heavy (non-hydrogen) atoms. The molecule has 0 spiro atoms. The molecule has 0 radical (unpaired) electrons. The normalized spacial score (nSPS) is 12.1. The van der Waals surface area contributed by atoms with Gasteiger partial charge >= 0.3 is 0 Å². The Balaban J connectivity index is 1.92. The Labute approximate surface area is 123 Å². The fourth-order valence-electron chi connectivity index (χ4n) is 1.98. The molecule has 104 valence electrons. The highest BCUT2D eigenvalue weighted by Crippen LogP contribution is 2.18. The van der Waals surface area contributed by atoms with Crippen LogP contribution in [0.4, 0.5) is 5.69 Å². The van der Waals surface area contributed by atoms with Gasteiger partial charge in [-0.1, -0.05) is 6.07 Å². The molecular formula is C14H11N5OS. The second-order valence-corrected chi connectivity index (χ2v) is 5.80. The topological polar surface area (TPSA) is 108 Å². The maximum Gasteiger partial charge on any atom is 0.197 e. The van der Waals surface area contributed by atoms with Crippen LogP contribution in [0, 0.1) is 11.3 Å². The zero-order valence-corrected chi connectivity index (χ0v) is 11.7. The number of benzene rings is 1. The summed E-state index contributed by atoms with van der Waals surface area (Å²) in [7, 11) is -1.38. The SMILES string of the molecule is N#Cc1ncccc1CS(=O)c1nc2ccc(N)cc2[nH]1. The summed E-state index contributed by atoms with van der Waals surface area (Å²) in [6.45, 7) is 0. The lowest BCUT2D eigenvalue weighted by Crippen LogP contribution is -2.01. The number of aromatic nitrogens is 3. The van der Waals surface area contributed by atoms with Gasteiger partial charge in [0, 0.05) is 17.4 Å². The van der Waals surface area contributed by atoms with E-state index in [1.807, 2.05) is 6.07 Å². The monoisotopic (exact) mass is 297 g/mol. The Morgan fingerprint density at radius 1 is 1.38 bits per heavy atom. The lowest BCUT2D eigenvalue weighted by Gasteiger charge is -2.00. The number of fused-ring (bicyclic) bond motifs is 1. The molecule has 0 saturated heterocycles. The van der Waals surface area contributed by atoms with E-state index in [9.17, 15) is 4.21 Å². The van der Waals surface area contributed by atoms with Gasteiger partial charge in [-0.15, -0.1) is 0 Å². The predicted molar refractivity (Wildman–Crippen MR) is 79.6 cm³/mol. The molecule has 0 saturated carbocycles. The van der Waals surface area contributed by atoms with Crippen LogP contribution in [0.15, 0.2) is 41.7 Å². The van der Waals surface area contributed by atoms with Gasteiger partial charge in [-0.05, 0) is 24.3 Å². The Morgan fingerprint density at radius 3 is 3.05 bits per heavy atom. The molecule has 0 aliphatic heterocycles. The van der Waals surface area contributed by atoms with E-state index >= 15 is 0 Å². The number of anilines is 1. The van der Waals surface area contributed by atoms with Crippen LogP contribution in [0.2, 0.25) is 0 Å². The Morgan fingerprint density at radius 2 is 2.24 bits per heavy atom. The van der Waals surface area contributed by atoms with E-state index in [0.29, 0.717) is 21.9 Å². The third kappa shape index (κ3) is 2.61. The molecule has 0 fully saturated rings. The molecule has 0 aliphatic rings. The van der Waals surface area contributed by atoms with Crippen LogP contribution in [0.5, 0.6) is 0 Å². The molecule has 1 atom stereocenters. The number of pyridine rings is 1. The minimum atomic E-state index is -1.38. The van der Waals surface area contributed by atoms with Crippen molar-refractivity contribution in [3.63, 3.8) is 0 Å². The quantitative estimate of drug-likeness (QED) is 0.715. The highest BCUT2D eigenvalue weighted by atomic mass is 32.2. The number of hydrogen-bond acceptors (Lipinski definition) is 5. The van der Waals surface area contributed by atoms with Gasteiger partial charge in [0.2, 0.25) is 0 Å². The van der Waals surface area contributed by atoms with Gasteiger partial charge < -0.3 is 10.7 Å². The molecule has 1 unspecified atom stereocenters. The van der Waals surface area contributed by atoms with Gasteiger partial charge in [0.25, 0.3) is 0 Å². The van der Waals surface area contributed by atoms with Gasteiger partial charge in [0.1, 0.15) is 11.8 Å². The molecule has 0 amide bonds. The van der Waals surface area contributed by atoms with Crippen molar-refractivity contribution >= 4 is 27.5 Å². The zero-order valence-electron chi connectivity index (χ0n) is 10.9. The zero-order chi connectivity index (χ0) is 14.8. The number of H-pyrrole nitrogens is 1. The van der Waals surface area contributed by atoms with Gasteiger partial charge in [-0.3, -0.25) is 4.21 Å². The summed E-state index contributed by atoms with van der Waals surface area (Å²) < 4.78 is 12.4. The summed E-state index contributed by atoms with van der Waals surface area (Å²) in [6.07, 6.45) is 1.54. The van der Waals surface area contributed by atoms with Crippen molar-refractivity contribution in [1.82, 2.24) is 15.0 Å². The summed E-state index contributed by atoms with van der Waals surface area (Å²) in [5, 5.41) is 9.36. The van der Waals surface area contributed by atoms with Crippen molar-refractivity contribution in [3.05, 3.63) is 47.8 Å². The van der Waals surface area contributed by atoms with E-state index in [1.54, 1.807) is 30.3 Å². The van der Waals surface area contributed by atoms with Crippen LogP contribution in [0.3, 0.4) is 0 Å². The van der Waals surface area contributed by atoms with Crippen molar-refractivity contribution in [3.8, 4) is 6.07 Å². The molecule has 3 N–H and O–H groups in total. The first kappa shape index (κ1) is 13.3. The van der Waals surface area contributed by atoms with E-state index in [1.165, 1.54) is 6.20 Å². The van der Waals surface area contributed by atoms with E-state index in [0.717, 1.165) is 5.52 Å². The molecule has 0 aliphatic carbocycles. The first-order valence-electron chi connectivity index (χ1n) is 6.15. The van der Waals surface area contributed by atoms with Crippen LogP contribution in [0.25, 0.3) is 11.0 Å². The third-order valence-electron chi connectivity index (χ3n) is 2.98. The summed E-state index contributed by atoms with van der Waals surface area (Å²) in [6, 6.07) is 10.7. The van der Waals surface area contributed by atoms with Gasteiger partial charge in [0.05, 0.1) is 27.6 Å². The lowest BCUT2D eigenvalue weighted by molar-refractivity contribution is 0.677. The van der Waals surface area contributed by atoms with Gasteiger partial charge in [-0.2, -0.15) is 5.26 Å². The first-order valence-corrected chi connectivity index (χ1v) is 7.47. The number of nitrogens with zero attached hydrogens (tertiary/aromatic N) is 3. The van der Waals surface area contributed by atoms with Crippen LogP contribution >= 0.6 is 0 Å². The fraction of sp³-hybridized carbons (Fsp3) is 0.0714. The third-order valence-corrected chi connectivity index (χ3v) is 4.18. The first-order chi connectivity index (χ1) is 10.2. The van der Waals surface area contributed by atoms with E-state index in [2.05, 4.69) is 15.0 Å². The van der Waals surface area contributed by atoms with E-state index in [4.69, 9.17) is 11.0 Å².